The second kappa shape index (κ2) is 4.79. The van der Waals surface area contributed by atoms with Crippen molar-refractivity contribution in [1.29, 1.82) is 0 Å². The molecule has 0 spiro atoms. The molecule has 0 fully saturated rings. The molecular formula is C8H17N3. The summed E-state index contributed by atoms with van der Waals surface area (Å²) in [4.78, 5) is 0. The van der Waals surface area contributed by atoms with Crippen molar-refractivity contribution in [3.8, 4) is 0 Å². The van der Waals surface area contributed by atoms with Crippen LogP contribution in [0.15, 0.2) is 24.0 Å². The first-order valence-electron chi connectivity index (χ1n) is 3.66. The summed E-state index contributed by atoms with van der Waals surface area (Å²) in [7, 11) is 1.78. The lowest BCUT2D eigenvalue weighted by atomic mass is 10.1. The molecule has 0 aromatic heterocycles. The predicted molar refractivity (Wildman–Crippen MR) is 48.7 cm³/mol. The minimum absolute atomic E-state index is 0.0135. The minimum atomic E-state index is -0.0135. The quantitative estimate of drug-likeness (QED) is 0.512. The maximum absolute atomic E-state index is 5.67. The van der Waals surface area contributed by atoms with Crippen molar-refractivity contribution in [3.63, 3.8) is 0 Å². The third kappa shape index (κ3) is 3.09. The van der Waals surface area contributed by atoms with Gasteiger partial charge in [0.1, 0.15) is 0 Å². The van der Waals surface area contributed by atoms with Crippen LogP contribution in [-0.4, -0.2) is 13.1 Å². The van der Waals surface area contributed by atoms with Gasteiger partial charge in [0.15, 0.2) is 0 Å². The highest BCUT2D eigenvalue weighted by Gasteiger charge is 2.05. The van der Waals surface area contributed by atoms with Crippen LogP contribution in [-0.2, 0) is 0 Å². The fourth-order valence-electron chi connectivity index (χ4n) is 0.857. The zero-order valence-electron chi connectivity index (χ0n) is 7.22. The van der Waals surface area contributed by atoms with Gasteiger partial charge in [0.05, 0.1) is 5.82 Å². The molecule has 0 aromatic carbocycles. The summed E-state index contributed by atoms with van der Waals surface area (Å²) in [5.41, 5.74) is 12.3. The molecule has 1 unspecified atom stereocenters. The van der Waals surface area contributed by atoms with Gasteiger partial charge in [-0.25, -0.2) is 0 Å². The first-order chi connectivity index (χ1) is 5.13. The van der Waals surface area contributed by atoms with E-state index in [4.69, 9.17) is 11.5 Å². The number of nitrogens with two attached hydrogens (primary N) is 2. The average Bonchev–Trinajstić information content (AvgIpc) is 1.98. The second-order valence-electron chi connectivity index (χ2n) is 2.47. The average molecular weight is 155 g/mol. The Morgan fingerprint density at radius 3 is 2.55 bits per heavy atom. The van der Waals surface area contributed by atoms with Crippen LogP contribution in [0.3, 0.4) is 0 Å². The van der Waals surface area contributed by atoms with Gasteiger partial charge in [-0.05, 0) is 18.9 Å². The Bertz CT molecular complexity index is 159. The molecule has 0 saturated heterocycles. The molecule has 0 rings (SSSR count). The van der Waals surface area contributed by atoms with Gasteiger partial charge < -0.3 is 16.8 Å². The van der Waals surface area contributed by atoms with Crippen LogP contribution in [0.2, 0.25) is 0 Å². The van der Waals surface area contributed by atoms with E-state index in [9.17, 15) is 0 Å². The Morgan fingerprint density at radius 2 is 2.27 bits per heavy atom. The standard InChI is InChI=1S/C8H17N3/c1-4-5-7(6(2)9)8(10)11-3/h4,6,11H,1,5,9-10H2,2-3H3/b8-7-. The topological polar surface area (TPSA) is 64.1 Å². The van der Waals surface area contributed by atoms with E-state index in [1.54, 1.807) is 13.1 Å². The van der Waals surface area contributed by atoms with Crippen LogP contribution in [0.25, 0.3) is 0 Å². The zero-order valence-corrected chi connectivity index (χ0v) is 7.22. The van der Waals surface area contributed by atoms with E-state index in [0.29, 0.717) is 5.82 Å². The molecule has 0 saturated carbocycles. The molecule has 0 bridgehead atoms. The van der Waals surface area contributed by atoms with E-state index in [-0.39, 0.29) is 6.04 Å². The summed E-state index contributed by atoms with van der Waals surface area (Å²) in [5, 5.41) is 2.86. The van der Waals surface area contributed by atoms with Gasteiger partial charge in [-0.2, -0.15) is 0 Å². The van der Waals surface area contributed by atoms with E-state index >= 15 is 0 Å². The van der Waals surface area contributed by atoms with Crippen LogP contribution in [0.5, 0.6) is 0 Å². The van der Waals surface area contributed by atoms with E-state index in [2.05, 4.69) is 11.9 Å². The smallest absolute Gasteiger partial charge is 0.0968 e. The number of hydrogen-bond acceptors (Lipinski definition) is 3. The Balaban J connectivity index is 4.42. The predicted octanol–water partition coefficient (Wildman–Crippen LogP) is 0.299. The molecule has 3 heteroatoms. The largest absolute Gasteiger partial charge is 0.386 e. The molecule has 0 aliphatic heterocycles. The van der Waals surface area contributed by atoms with Crippen molar-refractivity contribution in [3.05, 3.63) is 24.0 Å². The van der Waals surface area contributed by atoms with Gasteiger partial charge in [0.2, 0.25) is 0 Å². The van der Waals surface area contributed by atoms with Crippen LogP contribution in [0, 0.1) is 0 Å². The highest BCUT2D eigenvalue weighted by atomic mass is 15.0. The molecule has 0 amide bonds. The normalized spacial score (nSPS) is 15.2. The van der Waals surface area contributed by atoms with Crippen LogP contribution >= 0.6 is 0 Å². The van der Waals surface area contributed by atoms with Gasteiger partial charge >= 0.3 is 0 Å². The summed E-state index contributed by atoms with van der Waals surface area (Å²) in [6.07, 6.45) is 2.53. The molecule has 0 radical (unpaired) electrons. The molecule has 3 nitrogen and oxygen atoms in total. The maximum Gasteiger partial charge on any atom is 0.0968 e. The molecule has 0 aromatic rings. The Morgan fingerprint density at radius 1 is 1.73 bits per heavy atom. The zero-order chi connectivity index (χ0) is 8.85. The van der Waals surface area contributed by atoms with Crippen LogP contribution in [0.4, 0.5) is 0 Å². The summed E-state index contributed by atoms with van der Waals surface area (Å²) in [5.74, 6) is 0.653. The van der Waals surface area contributed by atoms with E-state index in [1.165, 1.54) is 0 Å². The Hall–Kier alpha value is -0.960. The minimum Gasteiger partial charge on any atom is -0.386 e. The second-order valence-corrected chi connectivity index (χ2v) is 2.47. The van der Waals surface area contributed by atoms with Gasteiger partial charge in [0.25, 0.3) is 0 Å². The number of rotatable bonds is 4. The molecule has 64 valence electrons. The summed E-state index contributed by atoms with van der Waals surface area (Å²) in [6.45, 7) is 5.53. The Kier molecular flexibility index (Phi) is 4.38. The summed E-state index contributed by atoms with van der Waals surface area (Å²) >= 11 is 0. The van der Waals surface area contributed by atoms with Crippen molar-refractivity contribution in [2.45, 2.75) is 19.4 Å². The first-order valence-corrected chi connectivity index (χ1v) is 3.66. The fourth-order valence-corrected chi connectivity index (χ4v) is 0.857. The molecule has 0 aliphatic rings. The van der Waals surface area contributed by atoms with Gasteiger partial charge in [-0.1, -0.05) is 6.08 Å². The van der Waals surface area contributed by atoms with Crippen LogP contribution < -0.4 is 16.8 Å². The molecular weight excluding hydrogens is 138 g/mol. The third-order valence-electron chi connectivity index (χ3n) is 1.53. The SMILES string of the molecule is C=CC/C(=C(\N)NC)C(C)N. The number of allylic oxidation sites excluding steroid dienone is 1. The van der Waals surface area contributed by atoms with Crippen molar-refractivity contribution in [1.82, 2.24) is 5.32 Å². The lowest BCUT2D eigenvalue weighted by Crippen LogP contribution is -2.27. The van der Waals surface area contributed by atoms with Crippen molar-refractivity contribution in [2.75, 3.05) is 7.05 Å². The molecule has 11 heavy (non-hydrogen) atoms. The highest BCUT2D eigenvalue weighted by molar-refractivity contribution is 5.17. The Labute approximate surface area is 68.1 Å². The van der Waals surface area contributed by atoms with Crippen molar-refractivity contribution in [2.24, 2.45) is 11.5 Å². The van der Waals surface area contributed by atoms with Crippen LogP contribution in [0.1, 0.15) is 13.3 Å². The molecule has 0 aliphatic carbocycles. The molecule has 5 N–H and O–H groups in total. The lowest BCUT2D eigenvalue weighted by Gasteiger charge is -2.12. The van der Waals surface area contributed by atoms with E-state index in [0.717, 1.165) is 12.0 Å². The van der Waals surface area contributed by atoms with Crippen molar-refractivity contribution < 1.29 is 0 Å². The monoisotopic (exact) mass is 155 g/mol. The van der Waals surface area contributed by atoms with Gasteiger partial charge in [-0.3, -0.25) is 0 Å². The van der Waals surface area contributed by atoms with E-state index in [1.807, 2.05) is 6.92 Å². The number of hydrogen-bond donors (Lipinski definition) is 3. The maximum atomic E-state index is 5.67. The van der Waals surface area contributed by atoms with Gasteiger partial charge in [0, 0.05) is 13.1 Å². The highest BCUT2D eigenvalue weighted by Crippen LogP contribution is 2.06. The first kappa shape index (κ1) is 10.0. The summed E-state index contributed by atoms with van der Waals surface area (Å²) < 4.78 is 0. The third-order valence-corrected chi connectivity index (χ3v) is 1.53. The fraction of sp³-hybridized carbons (Fsp3) is 0.500. The van der Waals surface area contributed by atoms with Crippen molar-refractivity contribution >= 4 is 0 Å². The lowest BCUT2D eigenvalue weighted by molar-refractivity contribution is 0.782. The number of nitrogens with one attached hydrogen (secondary N) is 1. The van der Waals surface area contributed by atoms with E-state index < -0.39 is 0 Å². The van der Waals surface area contributed by atoms with Gasteiger partial charge in [-0.15, -0.1) is 6.58 Å². The molecule has 1 atom stereocenters. The molecule has 0 heterocycles. The summed E-state index contributed by atoms with van der Waals surface area (Å²) in [6, 6.07) is -0.0135.